The highest BCUT2D eigenvalue weighted by Gasteiger charge is 2.32. The van der Waals surface area contributed by atoms with Crippen LogP contribution in [0, 0.1) is 0 Å². The fourth-order valence-corrected chi connectivity index (χ4v) is 1.55. The van der Waals surface area contributed by atoms with Gasteiger partial charge in [0.05, 0.1) is 12.0 Å². The summed E-state index contributed by atoms with van der Waals surface area (Å²) in [4.78, 5) is 0. The van der Waals surface area contributed by atoms with E-state index < -0.39 is 30.4 Å². The molecule has 0 bridgehead atoms. The molecule has 0 aromatic heterocycles. The molecule has 0 saturated heterocycles. The summed E-state index contributed by atoms with van der Waals surface area (Å²) in [6.07, 6.45) is -10.4. The highest BCUT2D eigenvalue weighted by Crippen LogP contribution is 2.30. The first kappa shape index (κ1) is 14.8. The van der Waals surface area contributed by atoms with Gasteiger partial charge in [-0.15, -0.1) is 0 Å². The fraction of sp³-hybridized carbons (Fsp3) is 0.455. The van der Waals surface area contributed by atoms with Crippen LogP contribution in [0.15, 0.2) is 24.3 Å². The van der Waals surface area contributed by atoms with Crippen LogP contribution < -0.4 is 5.73 Å². The molecule has 1 nitrogen and oxygen atoms in total. The Hall–Kier alpha value is -1.24. The Morgan fingerprint density at radius 3 is 2.17 bits per heavy atom. The third-order valence-corrected chi connectivity index (χ3v) is 2.25. The lowest BCUT2D eigenvalue weighted by atomic mass is 10.0. The third kappa shape index (κ3) is 4.95. The quantitative estimate of drug-likeness (QED) is 0.836. The molecule has 102 valence electrons. The summed E-state index contributed by atoms with van der Waals surface area (Å²) in [5, 5.41) is 0. The molecular weight excluding hydrogens is 260 g/mol. The van der Waals surface area contributed by atoms with Gasteiger partial charge < -0.3 is 5.73 Å². The highest BCUT2D eigenvalue weighted by molar-refractivity contribution is 5.26. The Kier molecular flexibility index (Phi) is 4.26. The SMILES string of the molecule is NC(Cc1cccc(C(F)(F)F)c1)CC(F)(F)F. The standard InChI is InChI=1S/C11H11F6N/c12-10(13,14)6-9(18)5-7-2-1-3-8(4-7)11(15,16)17/h1-4,9H,5-6,18H2. The normalized spacial score (nSPS) is 14.6. The van der Waals surface area contributed by atoms with Gasteiger partial charge in [-0.25, -0.2) is 0 Å². The van der Waals surface area contributed by atoms with Crippen LogP contribution in [0.1, 0.15) is 17.5 Å². The molecule has 0 aliphatic carbocycles. The molecule has 0 radical (unpaired) electrons. The number of hydrogen-bond donors (Lipinski definition) is 1. The minimum Gasteiger partial charge on any atom is -0.327 e. The molecule has 0 heterocycles. The lowest BCUT2D eigenvalue weighted by Crippen LogP contribution is -2.29. The first-order valence-electron chi connectivity index (χ1n) is 5.06. The zero-order valence-electron chi connectivity index (χ0n) is 9.15. The van der Waals surface area contributed by atoms with Crippen LogP contribution in [-0.4, -0.2) is 12.2 Å². The molecule has 1 atom stereocenters. The summed E-state index contributed by atoms with van der Waals surface area (Å²) in [7, 11) is 0. The van der Waals surface area contributed by atoms with E-state index in [1.54, 1.807) is 0 Å². The monoisotopic (exact) mass is 271 g/mol. The highest BCUT2D eigenvalue weighted by atomic mass is 19.4. The van der Waals surface area contributed by atoms with E-state index in [2.05, 4.69) is 0 Å². The Bertz CT molecular complexity index is 395. The smallest absolute Gasteiger partial charge is 0.327 e. The summed E-state index contributed by atoms with van der Waals surface area (Å²) < 4.78 is 73.1. The van der Waals surface area contributed by atoms with Crippen LogP contribution in [0.25, 0.3) is 0 Å². The molecule has 18 heavy (non-hydrogen) atoms. The van der Waals surface area contributed by atoms with Crippen LogP contribution in [0.4, 0.5) is 26.3 Å². The van der Waals surface area contributed by atoms with Gasteiger partial charge in [-0.3, -0.25) is 0 Å². The van der Waals surface area contributed by atoms with Crippen molar-refractivity contribution in [2.24, 2.45) is 5.73 Å². The van der Waals surface area contributed by atoms with Gasteiger partial charge in [0.25, 0.3) is 0 Å². The van der Waals surface area contributed by atoms with Crippen molar-refractivity contribution in [3.8, 4) is 0 Å². The topological polar surface area (TPSA) is 26.0 Å². The summed E-state index contributed by atoms with van der Waals surface area (Å²) in [5.41, 5.74) is 4.50. The van der Waals surface area contributed by atoms with Crippen LogP contribution in [-0.2, 0) is 12.6 Å². The molecule has 1 rings (SSSR count). The van der Waals surface area contributed by atoms with Crippen LogP contribution in [0.5, 0.6) is 0 Å². The maximum atomic E-state index is 12.4. The molecule has 0 fully saturated rings. The van der Waals surface area contributed by atoms with Gasteiger partial charge in [-0.2, -0.15) is 26.3 Å². The van der Waals surface area contributed by atoms with Gasteiger partial charge in [-0.1, -0.05) is 18.2 Å². The van der Waals surface area contributed by atoms with Crippen LogP contribution >= 0.6 is 0 Å². The first-order chi connectivity index (χ1) is 8.08. The molecule has 0 spiro atoms. The molecule has 2 N–H and O–H groups in total. The van der Waals surface area contributed by atoms with E-state index in [9.17, 15) is 26.3 Å². The predicted octanol–water partition coefficient (Wildman–Crippen LogP) is 3.53. The first-order valence-corrected chi connectivity index (χ1v) is 5.06. The predicted molar refractivity (Wildman–Crippen MR) is 53.8 cm³/mol. The molecule has 0 aliphatic rings. The van der Waals surface area contributed by atoms with Crippen molar-refractivity contribution in [2.45, 2.75) is 31.2 Å². The van der Waals surface area contributed by atoms with Gasteiger partial charge in [0.1, 0.15) is 0 Å². The average molecular weight is 271 g/mol. The van der Waals surface area contributed by atoms with Gasteiger partial charge in [0, 0.05) is 6.04 Å². The molecule has 1 aromatic rings. The lowest BCUT2D eigenvalue weighted by molar-refractivity contribution is -0.139. The van der Waals surface area contributed by atoms with Gasteiger partial charge in [0.2, 0.25) is 0 Å². The number of alkyl halides is 6. The van der Waals surface area contributed by atoms with Gasteiger partial charge in [0.15, 0.2) is 0 Å². The van der Waals surface area contributed by atoms with Crippen LogP contribution in [0.2, 0.25) is 0 Å². The number of hydrogen-bond acceptors (Lipinski definition) is 1. The summed E-state index contributed by atoms with van der Waals surface area (Å²) in [6, 6.07) is 2.91. The van der Waals surface area contributed by atoms with Crippen molar-refractivity contribution in [2.75, 3.05) is 0 Å². The largest absolute Gasteiger partial charge is 0.416 e. The second-order valence-corrected chi connectivity index (χ2v) is 3.98. The van der Waals surface area contributed by atoms with E-state index >= 15 is 0 Å². The fourth-order valence-electron chi connectivity index (χ4n) is 1.55. The van der Waals surface area contributed by atoms with Gasteiger partial charge in [-0.05, 0) is 18.1 Å². The average Bonchev–Trinajstić information content (AvgIpc) is 2.13. The zero-order valence-corrected chi connectivity index (χ0v) is 9.15. The molecule has 0 aliphatic heterocycles. The minimum absolute atomic E-state index is 0.140. The van der Waals surface area contributed by atoms with Crippen molar-refractivity contribution in [3.05, 3.63) is 35.4 Å². The number of nitrogens with two attached hydrogens (primary N) is 1. The maximum Gasteiger partial charge on any atom is 0.416 e. The van der Waals surface area contributed by atoms with E-state index in [0.29, 0.717) is 0 Å². The second-order valence-electron chi connectivity index (χ2n) is 3.98. The maximum absolute atomic E-state index is 12.4. The number of benzene rings is 1. The Labute approximate surface area is 99.6 Å². The Morgan fingerprint density at radius 2 is 1.67 bits per heavy atom. The molecular formula is C11H11F6N. The molecule has 1 aromatic carbocycles. The van der Waals surface area contributed by atoms with Gasteiger partial charge >= 0.3 is 12.4 Å². The van der Waals surface area contributed by atoms with Crippen molar-refractivity contribution in [3.63, 3.8) is 0 Å². The van der Waals surface area contributed by atoms with E-state index in [-0.39, 0.29) is 12.0 Å². The third-order valence-electron chi connectivity index (χ3n) is 2.25. The second kappa shape index (κ2) is 5.17. The number of halogens is 6. The summed E-state index contributed by atoms with van der Waals surface area (Å²) in [5.74, 6) is 0. The van der Waals surface area contributed by atoms with Crippen molar-refractivity contribution in [1.29, 1.82) is 0 Å². The molecule has 1 unspecified atom stereocenters. The van der Waals surface area contributed by atoms with E-state index in [0.717, 1.165) is 18.2 Å². The number of rotatable bonds is 3. The summed E-state index contributed by atoms with van der Waals surface area (Å²) in [6.45, 7) is 0. The lowest BCUT2D eigenvalue weighted by Gasteiger charge is -2.15. The molecule has 7 heteroatoms. The summed E-state index contributed by atoms with van der Waals surface area (Å²) >= 11 is 0. The zero-order chi connectivity index (χ0) is 14.0. The van der Waals surface area contributed by atoms with Crippen molar-refractivity contribution < 1.29 is 26.3 Å². The molecule has 0 amide bonds. The van der Waals surface area contributed by atoms with E-state index in [4.69, 9.17) is 5.73 Å². The molecule has 0 saturated carbocycles. The van der Waals surface area contributed by atoms with Crippen molar-refractivity contribution in [1.82, 2.24) is 0 Å². The van der Waals surface area contributed by atoms with Crippen LogP contribution in [0.3, 0.4) is 0 Å². The Balaban J connectivity index is 2.74. The Morgan fingerprint density at radius 1 is 1.06 bits per heavy atom. The van der Waals surface area contributed by atoms with E-state index in [1.807, 2.05) is 0 Å². The van der Waals surface area contributed by atoms with Crippen molar-refractivity contribution >= 4 is 0 Å². The van der Waals surface area contributed by atoms with E-state index in [1.165, 1.54) is 6.07 Å². The minimum atomic E-state index is -4.51.